The molecule has 4 heteroatoms. The van der Waals surface area contributed by atoms with Crippen molar-refractivity contribution < 1.29 is 4.79 Å². The number of carbonyl (C=O) groups is 1. The lowest BCUT2D eigenvalue weighted by molar-refractivity contribution is 0.0926. The maximum absolute atomic E-state index is 12.2. The lowest BCUT2D eigenvalue weighted by Gasteiger charge is -2.22. The number of hydrogen-bond donors (Lipinski definition) is 1. The summed E-state index contributed by atoms with van der Waals surface area (Å²) in [6.07, 6.45) is 0. The third kappa shape index (κ3) is 3.79. The van der Waals surface area contributed by atoms with E-state index < -0.39 is 0 Å². The summed E-state index contributed by atoms with van der Waals surface area (Å²) in [6.45, 7) is 4.24. The zero-order valence-corrected chi connectivity index (χ0v) is 13.9. The van der Waals surface area contributed by atoms with E-state index in [4.69, 9.17) is 0 Å². The highest BCUT2D eigenvalue weighted by molar-refractivity contribution is 14.1. The molecule has 1 heterocycles. The summed E-state index contributed by atoms with van der Waals surface area (Å²) in [4.78, 5) is 12.2. The summed E-state index contributed by atoms with van der Waals surface area (Å²) in [7, 11) is 0. The Balaban J connectivity index is 2.16. The van der Waals surface area contributed by atoms with E-state index in [1.54, 1.807) is 11.3 Å². The van der Waals surface area contributed by atoms with Crippen LogP contribution in [0.5, 0.6) is 0 Å². The predicted octanol–water partition coefficient (Wildman–Crippen LogP) is 4.48. The number of nitrogens with one attached hydrogen (secondary N) is 1. The molecule has 1 N–H and O–H groups in total. The first-order valence-electron chi connectivity index (χ1n) is 6.18. The lowest BCUT2D eigenvalue weighted by Crippen LogP contribution is -2.31. The van der Waals surface area contributed by atoms with Crippen LogP contribution in [0.3, 0.4) is 0 Å². The normalized spacial score (nSPS) is 12.4. The van der Waals surface area contributed by atoms with Gasteiger partial charge in [0.2, 0.25) is 0 Å². The molecule has 0 spiro atoms. The number of amides is 1. The SMILES string of the molecule is CC(C)C(NC(=O)c1csc(I)c1)c1ccccc1. The molecule has 0 fully saturated rings. The van der Waals surface area contributed by atoms with Crippen molar-refractivity contribution in [3.8, 4) is 0 Å². The van der Waals surface area contributed by atoms with E-state index in [-0.39, 0.29) is 11.9 Å². The van der Waals surface area contributed by atoms with Crippen LogP contribution in [0.2, 0.25) is 0 Å². The average molecular weight is 385 g/mol. The van der Waals surface area contributed by atoms with Gasteiger partial charge in [-0.1, -0.05) is 44.2 Å². The number of hydrogen-bond acceptors (Lipinski definition) is 2. The van der Waals surface area contributed by atoms with Crippen LogP contribution in [0, 0.1) is 8.80 Å². The van der Waals surface area contributed by atoms with Crippen molar-refractivity contribution in [3.05, 3.63) is 55.8 Å². The second-order valence-electron chi connectivity index (χ2n) is 4.75. The summed E-state index contributed by atoms with van der Waals surface area (Å²) in [5.41, 5.74) is 1.90. The molecule has 1 aromatic heterocycles. The van der Waals surface area contributed by atoms with Gasteiger partial charge >= 0.3 is 0 Å². The van der Waals surface area contributed by atoms with E-state index in [0.29, 0.717) is 5.92 Å². The van der Waals surface area contributed by atoms with Crippen LogP contribution in [0.25, 0.3) is 0 Å². The van der Waals surface area contributed by atoms with Gasteiger partial charge in [0.05, 0.1) is 14.5 Å². The zero-order chi connectivity index (χ0) is 13.8. The molecular formula is C15H16INOS. The molecule has 1 aromatic carbocycles. The van der Waals surface area contributed by atoms with Gasteiger partial charge in [0.25, 0.3) is 5.91 Å². The Morgan fingerprint density at radius 3 is 2.47 bits per heavy atom. The maximum atomic E-state index is 12.2. The highest BCUT2D eigenvalue weighted by Gasteiger charge is 2.19. The minimum Gasteiger partial charge on any atom is -0.345 e. The highest BCUT2D eigenvalue weighted by atomic mass is 127. The number of benzene rings is 1. The Bertz CT molecular complexity index is 550. The van der Waals surface area contributed by atoms with Gasteiger partial charge in [0, 0.05) is 5.38 Å². The fourth-order valence-corrected chi connectivity index (χ4v) is 3.28. The predicted molar refractivity (Wildman–Crippen MR) is 88.5 cm³/mol. The number of carbonyl (C=O) groups excluding carboxylic acids is 1. The summed E-state index contributed by atoms with van der Waals surface area (Å²) < 4.78 is 1.13. The maximum Gasteiger partial charge on any atom is 0.252 e. The third-order valence-corrected chi connectivity index (χ3v) is 4.73. The smallest absolute Gasteiger partial charge is 0.252 e. The zero-order valence-electron chi connectivity index (χ0n) is 10.9. The van der Waals surface area contributed by atoms with Crippen LogP contribution in [0.1, 0.15) is 35.8 Å². The summed E-state index contributed by atoms with van der Waals surface area (Å²) in [5, 5.41) is 5.03. The first kappa shape index (κ1) is 14.5. The van der Waals surface area contributed by atoms with Gasteiger partial charge in [-0.25, -0.2) is 0 Å². The second kappa shape index (κ2) is 6.52. The van der Waals surface area contributed by atoms with E-state index in [9.17, 15) is 4.79 Å². The molecule has 1 atom stereocenters. The Hall–Kier alpha value is -0.880. The van der Waals surface area contributed by atoms with Gasteiger partial charge in [-0.3, -0.25) is 4.79 Å². The van der Waals surface area contributed by atoms with Gasteiger partial charge in [-0.15, -0.1) is 11.3 Å². The minimum absolute atomic E-state index is 0.00159. The molecule has 0 aliphatic rings. The van der Waals surface area contributed by atoms with E-state index in [1.807, 2.05) is 29.6 Å². The molecule has 1 amide bonds. The molecule has 2 aromatic rings. The molecule has 100 valence electrons. The number of rotatable bonds is 4. The van der Waals surface area contributed by atoms with Crippen molar-refractivity contribution in [1.82, 2.24) is 5.32 Å². The first-order chi connectivity index (χ1) is 9.08. The Morgan fingerprint density at radius 1 is 1.26 bits per heavy atom. The van der Waals surface area contributed by atoms with Crippen LogP contribution in [-0.2, 0) is 0 Å². The fraction of sp³-hybridized carbons (Fsp3) is 0.267. The van der Waals surface area contributed by atoms with Crippen molar-refractivity contribution in [2.75, 3.05) is 0 Å². The summed E-state index contributed by atoms with van der Waals surface area (Å²) in [5.74, 6) is 0.353. The van der Waals surface area contributed by atoms with E-state index in [2.05, 4.69) is 53.9 Å². The van der Waals surface area contributed by atoms with Crippen molar-refractivity contribution in [2.24, 2.45) is 5.92 Å². The molecule has 0 aliphatic heterocycles. The lowest BCUT2D eigenvalue weighted by atomic mass is 9.96. The van der Waals surface area contributed by atoms with E-state index >= 15 is 0 Å². The molecule has 0 aliphatic carbocycles. The van der Waals surface area contributed by atoms with Crippen molar-refractivity contribution >= 4 is 39.8 Å². The fourth-order valence-electron chi connectivity index (χ4n) is 1.95. The van der Waals surface area contributed by atoms with Gasteiger partial charge in [0.15, 0.2) is 0 Å². The van der Waals surface area contributed by atoms with Gasteiger partial charge in [-0.2, -0.15) is 0 Å². The Labute approximate surface area is 131 Å². The Kier molecular flexibility index (Phi) is 4.99. The van der Waals surface area contributed by atoms with Crippen LogP contribution >= 0.6 is 33.9 Å². The largest absolute Gasteiger partial charge is 0.345 e. The highest BCUT2D eigenvalue weighted by Crippen LogP contribution is 2.23. The number of halogens is 1. The monoisotopic (exact) mass is 385 g/mol. The minimum atomic E-state index is 0.00159. The van der Waals surface area contributed by atoms with Crippen molar-refractivity contribution in [2.45, 2.75) is 19.9 Å². The standard InChI is InChI=1S/C15H16INOS/c1-10(2)14(11-6-4-3-5-7-11)17-15(18)12-8-13(16)19-9-12/h3-10,14H,1-2H3,(H,17,18). The van der Waals surface area contributed by atoms with E-state index in [0.717, 1.165) is 14.0 Å². The number of thiophene rings is 1. The van der Waals surface area contributed by atoms with Crippen molar-refractivity contribution in [3.63, 3.8) is 0 Å². The molecule has 0 saturated carbocycles. The quantitative estimate of drug-likeness (QED) is 0.773. The molecule has 0 radical (unpaired) electrons. The summed E-state index contributed by atoms with van der Waals surface area (Å²) in [6, 6.07) is 12.1. The molecule has 19 heavy (non-hydrogen) atoms. The first-order valence-corrected chi connectivity index (χ1v) is 8.13. The van der Waals surface area contributed by atoms with E-state index in [1.165, 1.54) is 0 Å². The Morgan fingerprint density at radius 2 is 1.95 bits per heavy atom. The van der Waals surface area contributed by atoms with Gasteiger partial charge in [-0.05, 0) is 40.1 Å². The third-order valence-electron chi connectivity index (χ3n) is 2.94. The van der Waals surface area contributed by atoms with Crippen molar-refractivity contribution in [1.29, 1.82) is 0 Å². The molecule has 1 unspecified atom stereocenters. The van der Waals surface area contributed by atoms with Gasteiger partial charge < -0.3 is 5.32 Å². The summed E-state index contributed by atoms with van der Waals surface area (Å²) >= 11 is 3.82. The molecular weight excluding hydrogens is 369 g/mol. The van der Waals surface area contributed by atoms with Crippen LogP contribution < -0.4 is 5.32 Å². The molecule has 2 nitrogen and oxygen atoms in total. The topological polar surface area (TPSA) is 29.1 Å². The second-order valence-corrected chi connectivity index (χ2v) is 7.55. The molecule has 0 saturated heterocycles. The average Bonchev–Trinajstić information content (AvgIpc) is 2.83. The van der Waals surface area contributed by atoms with Gasteiger partial charge in [0.1, 0.15) is 0 Å². The van der Waals surface area contributed by atoms with Crippen LogP contribution in [-0.4, -0.2) is 5.91 Å². The molecule has 2 rings (SSSR count). The van der Waals surface area contributed by atoms with Crippen LogP contribution in [0.15, 0.2) is 41.8 Å². The molecule has 0 bridgehead atoms. The van der Waals surface area contributed by atoms with Crippen LogP contribution in [0.4, 0.5) is 0 Å².